The van der Waals surface area contributed by atoms with Gasteiger partial charge in [-0.1, -0.05) is 19.1 Å². The van der Waals surface area contributed by atoms with Crippen molar-refractivity contribution in [2.24, 2.45) is 5.73 Å². The van der Waals surface area contributed by atoms with Crippen molar-refractivity contribution in [3.63, 3.8) is 0 Å². The number of nitrogens with zero attached hydrogens (tertiary/aromatic N) is 3. The van der Waals surface area contributed by atoms with E-state index in [2.05, 4.69) is 44.8 Å². The van der Waals surface area contributed by atoms with Crippen LogP contribution < -0.4 is 21.7 Å². The molecule has 0 spiro atoms. The van der Waals surface area contributed by atoms with E-state index in [1.54, 1.807) is 0 Å². The molecule has 174 valence electrons. The topological polar surface area (TPSA) is 113 Å². The Hall–Kier alpha value is -2.20. The third-order valence-electron chi connectivity index (χ3n) is 5.48. The zero-order chi connectivity index (χ0) is 22.6. The number of nitrogens with two attached hydrogens (primary N) is 1. The number of carbonyl (C=O) groups is 1. The lowest BCUT2D eigenvalue weighted by Gasteiger charge is -2.39. The molecule has 1 aromatic rings. The van der Waals surface area contributed by atoms with E-state index in [0.29, 0.717) is 38.3 Å². The van der Waals surface area contributed by atoms with E-state index in [4.69, 9.17) is 11.1 Å². The molecule has 1 fully saturated rings. The number of hydrogen-bond acceptors (Lipinski definition) is 6. The number of piperazine rings is 1. The van der Waals surface area contributed by atoms with Crippen molar-refractivity contribution < 1.29 is 4.79 Å². The lowest BCUT2D eigenvalue weighted by Crippen LogP contribution is -2.53. The molecule has 1 saturated heterocycles. The van der Waals surface area contributed by atoms with E-state index in [0.717, 1.165) is 44.8 Å². The Morgan fingerprint density at radius 1 is 1.35 bits per heavy atom. The molecule has 0 saturated carbocycles. The maximum Gasteiger partial charge on any atom is 0.234 e. The van der Waals surface area contributed by atoms with E-state index in [1.807, 2.05) is 31.0 Å². The molecule has 1 aliphatic rings. The zero-order valence-electron chi connectivity index (χ0n) is 19.3. The van der Waals surface area contributed by atoms with Crippen LogP contribution in [0, 0.1) is 5.41 Å². The molecule has 1 aromatic carbocycles. The largest absolute Gasteiger partial charge is 0.355 e. The molecule has 2 rings (SSSR count). The number of guanidine groups is 1. The van der Waals surface area contributed by atoms with Crippen LogP contribution in [0.2, 0.25) is 0 Å². The van der Waals surface area contributed by atoms with E-state index in [9.17, 15) is 4.79 Å². The Balaban J connectivity index is 1.82. The van der Waals surface area contributed by atoms with Gasteiger partial charge in [0.15, 0.2) is 5.96 Å². The van der Waals surface area contributed by atoms with Crippen LogP contribution >= 0.6 is 0 Å². The average molecular weight is 433 g/mol. The van der Waals surface area contributed by atoms with Crippen molar-refractivity contribution in [2.75, 3.05) is 64.8 Å². The van der Waals surface area contributed by atoms with Crippen LogP contribution in [0.25, 0.3) is 0 Å². The van der Waals surface area contributed by atoms with Crippen LogP contribution in [0.4, 0.5) is 5.69 Å². The van der Waals surface area contributed by atoms with Crippen LogP contribution in [0.15, 0.2) is 24.3 Å². The molecular weight excluding hydrogens is 392 g/mol. The number of nitrogens with one attached hydrogen (secondary N) is 4. The van der Waals surface area contributed by atoms with Crippen molar-refractivity contribution in [2.45, 2.75) is 32.9 Å². The Morgan fingerprint density at radius 2 is 2.16 bits per heavy atom. The summed E-state index contributed by atoms with van der Waals surface area (Å²) in [7, 11) is 1.89. The first kappa shape index (κ1) is 25.1. The summed E-state index contributed by atoms with van der Waals surface area (Å²) < 4.78 is 0. The Morgan fingerprint density at radius 3 is 2.87 bits per heavy atom. The van der Waals surface area contributed by atoms with Crippen molar-refractivity contribution in [1.82, 2.24) is 25.3 Å². The molecule has 6 N–H and O–H groups in total. The van der Waals surface area contributed by atoms with Crippen molar-refractivity contribution in [3.8, 4) is 0 Å². The number of anilines is 1. The van der Waals surface area contributed by atoms with Gasteiger partial charge in [-0.05, 0) is 44.1 Å². The van der Waals surface area contributed by atoms with Gasteiger partial charge in [-0.3, -0.25) is 20.0 Å². The van der Waals surface area contributed by atoms with Crippen LogP contribution in [-0.4, -0.2) is 92.1 Å². The molecule has 0 aliphatic carbocycles. The zero-order valence-corrected chi connectivity index (χ0v) is 19.3. The van der Waals surface area contributed by atoms with Gasteiger partial charge in [-0.2, -0.15) is 0 Å². The van der Waals surface area contributed by atoms with Crippen molar-refractivity contribution >= 4 is 17.6 Å². The summed E-state index contributed by atoms with van der Waals surface area (Å²) in [5.74, 6) is 0.444. The van der Waals surface area contributed by atoms with Crippen LogP contribution in [-0.2, 0) is 11.3 Å². The lowest BCUT2D eigenvalue weighted by atomic mass is 10.1. The second-order valence-corrected chi connectivity index (χ2v) is 8.18. The standard InChI is InChI=1S/C22H40N8O/c1-4-25-17-28(3)22(24)27-20-8-5-7-19(13-20)15-30-12-11-29(14-18(30)2)16-21(31)26-10-6-9-23/h5,7-8,13,18,25H,4,6,9-12,14-17,23H2,1-3H3,(H2,24,27)(H,26,31). The Bertz CT molecular complexity index is 698. The minimum atomic E-state index is 0.0782. The van der Waals surface area contributed by atoms with Gasteiger partial charge in [0.2, 0.25) is 5.91 Å². The molecule has 31 heavy (non-hydrogen) atoms. The van der Waals surface area contributed by atoms with Gasteiger partial charge in [-0.25, -0.2) is 0 Å². The summed E-state index contributed by atoms with van der Waals surface area (Å²) >= 11 is 0. The highest BCUT2D eigenvalue weighted by molar-refractivity contribution is 5.91. The summed E-state index contributed by atoms with van der Waals surface area (Å²) in [6, 6.07) is 8.62. The number of amides is 1. The van der Waals surface area contributed by atoms with Crippen LogP contribution in [0.5, 0.6) is 0 Å². The maximum atomic E-state index is 12.1. The highest BCUT2D eigenvalue weighted by Crippen LogP contribution is 2.17. The quantitative estimate of drug-likeness (QED) is 0.150. The summed E-state index contributed by atoms with van der Waals surface area (Å²) in [5.41, 5.74) is 7.61. The van der Waals surface area contributed by atoms with Gasteiger partial charge >= 0.3 is 0 Å². The van der Waals surface area contributed by atoms with Gasteiger partial charge in [0, 0.05) is 51.5 Å². The second kappa shape index (κ2) is 13.3. The first-order chi connectivity index (χ1) is 14.9. The number of carbonyl (C=O) groups excluding carboxylic acids is 1. The number of benzene rings is 1. The molecule has 0 radical (unpaired) electrons. The first-order valence-corrected chi connectivity index (χ1v) is 11.2. The third-order valence-corrected chi connectivity index (χ3v) is 5.48. The lowest BCUT2D eigenvalue weighted by molar-refractivity contribution is -0.122. The molecule has 9 heteroatoms. The van der Waals surface area contributed by atoms with Crippen molar-refractivity contribution in [1.29, 1.82) is 5.41 Å². The average Bonchev–Trinajstić information content (AvgIpc) is 2.74. The normalized spacial score (nSPS) is 17.4. The van der Waals surface area contributed by atoms with Gasteiger partial charge in [0.25, 0.3) is 0 Å². The maximum absolute atomic E-state index is 12.1. The number of rotatable bonds is 11. The monoisotopic (exact) mass is 432 g/mol. The highest BCUT2D eigenvalue weighted by Gasteiger charge is 2.24. The van der Waals surface area contributed by atoms with E-state index in [-0.39, 0.29) is 5.91 Å². The van der Waals surface area contributed by atoms with Gasteiger partial charge in [-0.15, -0.1) is 0 Å². The van der Waals surface area contributed by atoms with Gasteiger partial charge in [0.05, 0.1) is 13.2 Å². The molecule has 1 unspecified atom stereocenters. The molecule has 1 heterocycles. The molecule has 1 atom stereocenters. The van der Waals surface area contributed by atoms with Crippen LogP contribution in [0.1, 0.15) is 25.8 Å². The van der Waals surface area contributed by atoms with E-state index < -0.39 is 0 Å². The summed E-state index contributed by atoms with van der Waals surface area (Å²) in [6.45, 7) is 11.0. The molecular formula is C22H40N8O. The fraction of sp³-hybridized carbons (Fsp3) is 0.636. The van der Waals surface area contributed by atoms with E-state index in [1.165, 1.54) is 5.56 Å². The summed E-state index contributed by atoms with van der Waals surface area (Å²) in [4.78, 5) is 18.6. The SMILES string of the molecule is CCNCN(C)C(=N)Nc1cccc(CN2CCN(CC(=O)NCCCN)CC2C)c1. The summed E-state index contributed by atoms with van der Waals surface area (Å²) in [5, 5.41) is 17.5. The molecule has 9 nitrogen and oxygen atoms in total. The van der Waals surface area contributed by atoms with Gasteiger partial charge < -0.3 is 26.6 Å². The minimum absolute atomic E-state index is 0.0782. The number of hydrogen-bond donors (Lipinski definition) is 5. The predicted molar refractivity (Wildman–Crippen MR) is 127 cm³/mol. The fourth-order valence-electron chi connectivity index (χ4n) is 3.61. The van der Waals surface area contributed by atoms with Crippen LogP contribution in [0.3, 0.4) is 0 Å². The molecule has 0 aromatic heterocycles. The second-order valence-electron chi connectivity index (χ2n) is 8.18. The minimum Gasteiger partial charge on any atom is -0.355 e. The smallest absolute Gasteiger partial charge is 0.234 e. The van der Waals surface area contributed by atoms with Gasteiger partial charge in [0.1, 0.15) is 0 Å². The van der Waals surface area contributed by atoms with E-state index >= 15 is 0 Å². The molecule has 1 aliphatic heterocycles. The molecule has 0 bridgehead atoms. The Labute approximate surface area is 186 Å². The first-order valence-electron chi connectivity index (χ1n) is 11.2. The predicted octanol–water partition coefficient (Wildman–Crippen LogP) is 0.503. The molecule has 1 amide bonds. The summed E-state index contributed by atoms with van der Waals surface area (Å²) in [6.07, 6.45) is 0.815. The fourth-order valence-corrected chi connectivity index (χ4v) is 3.61. The highest BCUT2D eigenvalue weighted by atomic mass is 16.2. The third kappa shape index (κ3) is 8.82. The van der Waals surface area contributed by atoms with Crippen molar-refractivity contribution in [3.05, 3.63) is 29.8 Å². The Kier molecular flexibility index (Phi) is 10.7.